The summed E-state index contributed by atoms with van der Waals surface area (Å²) in [5.74, 6) is -0.354. The third-order valence-corrected chi connectivity index (χ3v) is 13.0. The molecule has 2 aromatic carbocycles. The average Bonchev–Trinajstić information content (AvgIpc) is 3.74. The lowest BCUT2D eigenvalue weighted by molar-refractivity contribution is -0.171. The van der Waals surface area contributed by atoms with Gasteiger partial charge in [-0.3, -0.25) is 18.9 Å². The van der Waals surface area contributed by atoms with Gasteiger partial charge in [0.05, 0.1) is 4.88 Å². The maximum absolute atomic E-state index is 15.2. The molecular formula is C39H41FN7O7PS. The predicted molar refractivity (Wildman–Crippen MR) is 205 cm³/mol. The highest BCUT2D eigenvalue weighted by Crippen LogP contribution is 2.38. The topological polar surface area (TPSA) is 170 Å². The van der Waals surface area contributed by atoms with E-state index < -0.39 is 44.5 Å². The van der Waals surface area contributed by atoms with Gasteiger partial charge in [-0.1, -0.05) is 29.0 Å². The first-order chi connectivity index (χ1) is 27.1. The fraction of sp³-hybridized carbons (Fsp3) is 0.436. The van der Waals surface area contributed by atoms with Crippen LogP contribution in [0.1, 0.15) is 78.5 Å². The van der Waals surface area contributed by atoms with Crippen molar-refractivity contribution in [3.63, 3.8) is 0 Å². The van der Waals surface area contributed by atoms with Crippen molar-refractivity contribution in [3.8, 4) is 5.75 Å². The molecule has 4 saturated heterocycles. The van der Waals surface area contributed by atoms with E-state index in [2.05, 4.69) is 24.9 Å². The molecule has 1 N–H and O–H groups in total. The third-order valence-electron chi connectivity index (χ3n) is 11.0. The molecule has 0 aliphatic carbocycles. The quantitative estimate of drug-likeness (QED) is 0.161. The molecule has 0 spiro atoms. The van der Waals surface area contributed by atoms with Crippen LogP contribution in [0.25, 0.3) is 10.1 Å². The first-order valence-electron chi connectivity index (χ1n) is 18.9. The van der Waals surface area contributed by atoms with E-state index in [0.717, 1.165) is 50.2 Å². The van der Waals surface area contributed by atoms with E-state index in [1.807, 2.05) is 11.1 Å². The lowest BCUT2D eigenvalue weighted by Gasteiger charge is -2.44. The second-order valence-corrected chi connectivity index (χ2v) is 16.6. The number of fused-ring (bicyclic) bond motifs is 2. The van der Waals surface area contributed by atoms with Gasteiger partial charge in [-0.05, 0) is 81.2 Å². The molecule has 1 unspecified atom stereocenters. The molecule has 0 saturated carbocycles. The Bertz CT molecular complexity index is 2170. The molecule has 4 aliphatic heterocycles. The summed E-state index contributed by atoms with van der Waals surface area (Å²) >= 11 is 1.19. The fourth-order valence-electron chi connectivity index (χ4n) is 7.81. The number of nitrogens with one attached hydrogen (secondary N) is 1. The summed E-state index contributed by atoms with van der Waals surface area (Å²) in [5, 5.41) is 3.48. The van der Waals surface area contributed by atoms with Crippen LogP contribution in [0.3, 0.4) is 0 Å². The van der Waals surface area contributed by atoms with Crippen LogP contribution in [0.15, 0.2) is 71.9 Å². The summed E-state index contributed by atoms with van der Waals surface area (Å²) in [5.41, 5.74) is 1.10. The smallest absolute Gasteiger partial charge is 0.395 e. The van der Waals surface area contributed by atoms with Crippen molar-refractivity contribution in [2.24, 2.45) is 4.74 Å². The zero-order valence-corrected chi connectivity index (χ0v) is 32.4. The second-order valence-electron chi connectivity index (χ2n) is 14.6. The number of ether oxygens (including phenoxy) is 1. The second kappa shape index (κ2) is 16.2. The van der Waals surface area contributed by atoms with Gasteiger partial charge in [-0.2, -0.15) is 4.39 Å². The molecule has 6 heterocycles. The monoisotopic (exact) mass is 801 g/mol. The molecular weight excluding hydrogens is 761 g/mol. The van der Waals surface area contributed by atoms with Crippen molar-refractivity contribution in [2.75, 3.05) is 31.1 Å². The third kappa shape index (κ3) is 7.82. The molecule has 56 heavy (non-hydrogen) atoms. The Kier molecular flexibility index (Phi) is 11.0. The van der Waals surface area contributed by atoms with Crippen molar-refractivity contribution < 1.29 is 37.7 Å². The number of halogens is 1. The van der Waals surface area contributed by atoms with Crippen LogP contribution in [0.4, 0.5) is 10.2 Å². The number of alkyl halides is 1. The SMILES string of the molecule is C[C@H](N=[P+]([O-])Oc1ccccc1)C(=O)O[C@@H](F)c1ccc2sc(C(=O)N[C@H]3CCC[C@H]4CC[C@@H](C(=O)N5CC(c6cncnc6N6CCC6)C5)N4C3=O)cc2c1. The van der Waals surface area contributed by atoms with Crippen molar-refractivity contribution in [1.82, 2.24) is 25.1 Å². The number of para-hydroxylation sites is 1. The van der Waals surface area contributed by atoms with Gasteiger partial charge in [0.15, 0.2) is 11.8 Å². The number of anilines is 1. The summed E-state index contributed by atoms with van der Waals surface area (Å²) in [6.45, 7) is 4.38. The van der Waals surface area contributed by atoms with Crippen molar-refractivity contribution in [1.29, 1.82) is 0 Å². The highest BCUT2D eigenvalue weighted by atomic mass is 32.1. The molecule has 8 rings (SSSR count). The van der Waals surface area contributed by atoms with Gasteiger partial charge in [-0.15, -0.1) is 11.3 Å². The van der Waals surface area contributed by atoms with Gasteiger partial charge in [-0.25, -0.2) is 14.8 Å². The van der Waals surface area contributed by atoms with Gasteiger partial charge < -0.3 is 29.6 Å². The first-order valence-corrected chi connectivity index (χ1v) is 20.8. The van der Waals surface area contributed by atoms with Crippen LogP contribution in [0.2, 0.25) is 0 Å². The van der Waals surface area contributed by atoms with Gasteiger partial charge in [0.1, 0.15) is 24.2 Å². The average molecular weight is 802 g/mol. The summed E-state index contributed by atoms with van der Waals surface area (Å²) in [6.07, 6.45) is 5.69. The van der Waals surface area contributed by atoms with Crippen LogP contribution in [0.5, 0.6) is 5.75 Å². The number of likely N-dealkylation sites (tertiary alicyclic amines) is 1. The van der Waals surface area contributed by atoms with E-state index in [-0.39, 0.29) is 29.3 Å². The molecule has 3 amide bonds. The summed E-state index contributed by atoms with van der Waals surface area (Å²) < 4.78 is 29.8. The Hall–Kier alpha value is -5.05. The highest BCUT2D eigenvalue weighted by molar-refractivity contribution is 7.34. The molecule has 17 heteroatoms. The Morgan fingerprint density at radius 2 is 1.86 bits per heavy atom. The minimum atomic E-state index is -2.60. The van der Waals surface area contributed by atoms with Gasteiger partial charge >= 0.3 is 14.1 Å². The number of aromatic nitrogens is 2. The normalized spacial score (nSPS) is 22.4. The number of rotatable bonds is 11. The maximum Gasteiger partial charge on any atom is 0.395 e. The fourth-order valence-corrected chi connectivity index (χ4v) is 9.49. The zero-order valence-electron chi connectivity index (χ0n) is 30.7. The molecule has 4 aromatic rings. The van der Waals surface area contributed by atoms with Crippen LogP contribution >= 0.6 is 19.5 Å². The standard InChI is InChI=1S/C39H41FN7O7PS/c1-23(44-55(52)54-28-8-3-2-4-9-28)39(51)53-34(40)24-11-14-32-25(17-24)18-33(56-32)36(48)43-30-10-5-7-27-12-13-31(47(27)37(30)49)38(50)46-20-26(21-46)29-19-41-22-42-35(29)45-15-6-16-45/h2-4,8-9,11,14,17-19,22-23,26-27,30-31,34H,5-7,10,12-13,15-16,20-21H2,1H3,(H,43,48)/t23-,27-,30-,31-,34+/m0/s1. The number of hydrogen-bond acceptors (Lipinski definition) is 12. The molecule has 6 atom stereocenters. The largest absolute Gasteiger partial charge is 0.575 e. The van der Waals surface area contributed by atoms with Gasteiger partial charge in [0.25, 0.3) is 12.3 Å². The number of carbonyl (C=O) groups is 4. The zero-order chi connectivity index (χ0) is 38.9. The number of esters is 1. The van der Waals surface area contributed by atoms with E-state index >= 15 is 4.39 Å². The van der Waals surface area contributed by atoms with Crippen molar-refractivity contribution >= 4 is 59.1 Å². The minimum Gasteiger partial charge on any atom is -0.575 e. The Morgan fingerprint density at radius 1 is 1.05 bits per heavy atom. The van der Waals surface area contributed by atoms with Crippen LogP contribution in [-0.4, -0.2) is 93.8 Å². The number of hydrogen-bond donors (Lipinski definition) is 1. The van der Waals surface area contributed by atoms with E-state index in [1.54, 1.807) is 53.7 Å². The predicted octanol–water partition coefficient (Wildman–Crippen LogP) is 5.00. The molecule has 292 valence electrons. The molecule has 4 fully saturated rings. The number of benzene rings is 2. The lowest BCUT2D eigenvalue weighted by Crippen LogP contribution is -2.58. The summed E-state index contributed by atoms with van der Waals surface area (Å²) in [6, 6.07) is 11.8. The number of carbonyl (C=O) groups excluding carboxylic acids is 4. The van der Waals surface area contributed by atoms with Gasteiger partial charge in [0, 0.05) is 60.2 Å². The van der Waals surface area contributed by atoms with Crippen LogP contribution in [-0.2, 0) is 19.1 Å². The molecule has 4 aliphatic rings. The summed E-state index contributed by atoms with van der Waals surface area (Å²) in [4.78, 5) is 81.2. The number of nitrogens with zero attached hydrogens (tertiary/aromatic N) is 6. The molecule has 14 nitrogen and oxygen atoms in total. The number of thiophene rings is 1. The van der Waals surface area contributed by atoms with E-state index in [0.29, 0.717) is 46.6 Å². The van der Waals surface area contributed by atoms with E-state index in [1.165, 1.54) is 30.4 Å². The van der Waals surface area contributed by atoms with Crippen LogP contribution in [0, 0.1) is 0 Å². The van der Waals surface area contributed by atoms with Crippen LogP contribution < -0.4 is 19.6 Å². The maximum atomic E-state index is 15.2. The minimum absolute atomic E-state index is 0.0460. The van der Waals surface area contributed by atoms with E-state index in [4.69, 9.17) is 9.26 Å². The van der Waals surface area contributed by atoms with Gasteiger partial charge in [0.2, 0.25) is 11.8 Å². The highest BCUT2D eigenvalue weighted by Gasteiger charge is 2.48. The lowest BCUT2D eigenvalue weighted by atomic mass is 9.91. The van der Waals surface area contributed by atoms with Crippen molar-refractivity contribution in [2.45, 2.75) is 81.9 Å². The van der Waals surface area contributed by atoms with E-state index in [9.17, 15) is 24.1 Å². The summed E-state index contributed by atoms with van der Waals surface area (Å²) in [7, 11) is -2.60. The molecule has 0 bridgehead atoms. The first kappa shape index (κ1) is 37.9. The Labute approximate surface area is 327 Å². The van der Waals surface area contributed by atoms with Crippen molar-refractivity contribution in [3.05, 3.63) is 83.1 Å². The Morgan fingerprint density at radius 3 is 2.62 bits per heavy atom. The Balaban J connectivity index is 0.878. The number of amides is 3. The molecule has 2 aromatic heterocycles. The molecule has 0 radical (unpaired) electrons.